The van der Waals surface area contributed by atoms with Crippen LogP contribution in [0.5, 0.6) is 5.75 Å². The van der Waals surface area contributed by atoms with E-state index in [1.54, 1.807) is 7.11 Å². The molecule has 108 valence electrons. The third-order valence-electron chi connectivity index (χ3n) is 3.29. The molecule has 1 aromatic carbocycles. The van der Waals surface area contributed by atoms with Gasteiger partial charge in [0, 0.05) is 10.0 Å². The van der Waals surface area contributed by atoms with Crippen LogP contribution in [-0.4, -0.2) is 16.9 Å². The largest absolute Gasteiger partial charge is 0.496 e. The monoisotopic (exact) mass is 448 g/mol. The van der Waals surface area contributed by atoms with Crippen molar-refractivity contribution < 1.29 is 4.74 Å². The van der Waals surface area contributed by atoms with E-state index in [2.05, 4.69) is 63.1 Å². The number of methoxy groups -OCH3 is 1. The van der Waals surface area contributed by atoms with Crippen LogP contribution in [-0.2, 0) is 19.4 Å². The standard InChI is InChI=1S/C15H18BrIN2O/c1-4-12-15(17)13(5-2)19(18-12)9-10-8-11(16)6-7-14(10)20-3/h6-8H,4-5,9H2,1-3H3. The Morgan fingerprint density at radius 3 is 2.65 bits per heavy atom. The summed E-state index contributed by atoms with van der Waals surface area (Å²) in [5.74, 6) is 0.902. The van der Waals surface area contributed by atoms with E-state index in [4.69, 9.17) is 9.84 Å². The van der Waals surface area contributed by atoms with E-state index in [9.17, 15) is 0 Å². The van der Waals surface area contributed by atoms with Crippen molar-refractivity contribution >= 4 is 38.5 Å². The Morgan fingerprint density at radius 2 is 2.05 bits per heavy atom. The minimum absolute atomic E-state index is 0.738. The van der Waals surface area contributed by atoms with Gasteiger partial charge in [0.2, 0.25) is 0 Å². The lowest BCUT2D eigenvalue weighted by molar-refractivity contribution is 0.407. The Hall–Kier alpha value is -0.560. The maximum absolute atomic E-state index is 5.45. The minimum Gasteiger partial charge on any atom is -0.496 e. The summed E-state index contributed by atoms with van der Waals surface area (Å²) in [6.07, 6.45) is 1.95. The molecule has 0 amide bonds. The fourth-order valence-electron chi connectivity index (χ4n) is 2.26. The van der Waals surface area contributed by atoms with Crippen LogP contribution in [0.15, 0.2) is 22.7 Å². The fraction of sp³-hybridized carbons (Fsp3) is 0.400. The summed E-state index contributed by atoms with van der Waals surface area (Å²) >= 11 is 5.93. The summed E-state index contributed by atoms with van der Waals surface area (Å²) < 4.78 is 9.90. The molecule has 1 aromatic heterocycles. The van der Waals surface area contributed by atoms with Gasteiger partial charge in [-0.25, -0.2) is 0 Å². The van der Waals surface area contributed by atoms with Crippen molar-refractivity contribution in [2.75, 3.05) is 7.11 Å². The molecule has 0 N–H and O–H groups in total. The summed E-state index contributed by atoms with van der Waals surface area (Å²) in [6, 6.07) is 6.08. The molecule has 20 heavy (non-hydrogen) atoms. The molecule has 0 aliphatic rings. The SMILES string of the molecule is CCc1nn(Cc2cc(Br)ccc2OC)c(CC)c1I. The van der Waals surface area contributed by atoms with Crippen molar-refractivity contribution in [3.05, 3.63) is 43.2 Å². The molecule has 5 heteroatoms. The van der Waals surface area contributed by atoms with Crippen LogP contribution < -0.4 is 4.74 Å². The van der Waals surface area contributed by atoms with Crippen LogP contribution in [0.25, 0.3) is 0 Å². The molecule has 0 saturated heterocycles. The summed E-state index contributed by atoms with van der Waals surface area (Å²) in [5.41, 5.74) is 3.61. The topological polar surface area (TPSA) is 27.1 Å². The average molecular weight is 449 g/mol. The smallest absolute Gasteiger partial charge is 0.124 e. The van der Waals surface area contributed by atoms with E-state index < -0.39 is 0 Å². The quantitative estimate of drug-likeness (QED) is 0.632. The molecular weight excluding hydrogens is 431 g/mol. The predicted octanol–water partition coefficient (Wildman–Crippen LogP) is 4.43. The lowest BCUT2D eigenvalue weighted by Gasteiger charge is -2.11. The van der Waals surface area contributed by atoms with Crippen molar-refractivity contribution in [2.24, 2.45) is 0 Å². The molecule has 0 aliphatic heterocycles. The maximum Gasteiger partial charge on any atom is 0.124 e. The predicted molar refractivity (Wildman–Crippen MR) is 93.5 cm³/mol. The van der Waals surface area contributed by atoms with Gasteiger partial charge < -0.3 is 4.74 Å². The van der Waals surface area contributed by atoms with Crippen LogP contribution in [0.1, 0.15) is 30.8 Å². The highest BCUT2D eigenvalue weighted by atomic mass is 127. The van der Waals surface area contributed by atoms with E-state index in [1.807, 2.05) is 12.1 Å². The highest BCUT2D eigenvalue weighted by Crippen LogP contribution is 2.26. The van der Waals surface area contributed by atoms with E-state index in [-0.39, 0.29) is 0 Å². The van der Waals surface area contributed by atoms with Crippen LogP contribution >= 0.6 is 38.5 Å². The van der Waals surface area contributed by atoms with Gasteiger partial charge in [0.25, 0.3) is 0 Å². The molecule has 0 saturated carbocycles. The molecule has 0 unspecified atom stereocenters. The molecule has 2 rings (SSSR count). The van der Waals surface area contributed by atoms with Gasteiger partial charge in [-0.3, -0.25) is 4.68 Å². The number of halogens is 2. The zero-order valence-electron chi connectivity index (χ0n) is 11.9. The lowest BCUT2D eigenvalue weighted by Crippen LogP contribution is -2.07. The zero-order valence-corrected chi connectivity index (χ0v) is 15.7. The first kappa shape index (κ1) is 15.8. The van der Waals surface area contributed by atoms with Crippen LogP contribution in [0, 0.1) is 3.57 Å². The van der Waals surface area contributed by atoms with E-state index >= 15 is 0 Å². The number of nitrogens with zero attached hydrogens (tertiary/aromatic N) is 2. The highest BCUT2D eigenvalue weighted by molar-refractivity contribution is 14.1. The highest BCUT2D eigenvalue weighted by Gasteiger charge is 2.14. The van der Waals surface area contributed by atoms with Crippen molar-refractivity contribution in [3.63, 3.8) is 0 Å². The molecule has 2 aromatic rings. The molecular formula is C15H18BrIN2O. The first-order chi connectivity index (χ1) is 9.60. The van der Waals surface area contributed by atoms with Gasteiger partial charge in [-0.2, -0.15) is 5.10 Å². The van der Waals surface area contributed by atoms with E-state index in [0.29, 0.717) is 0 Å². The molecule has 0 bridgehead atoms. The first-order valence-corrected chi connectivity index (χ1v) is 8.54. The molecule has 3 nitrogen and oxygen atoms in total. The maximum atomic E-state index is 5.45. The van der Waals surface area contributed by atoms with Gasteiger partial charge >= 0.3 is 0 Å². The normalized spacial score (nSPS) is 10.8. The number of aromatic nitrogens is 2. The van der Waals surface area contributed by atoms with Crippen LogP contribution in [0.4, 0.5) is 0 Å². The third-order valence-corrected chi connectivity index (χ3v) is 5.03. The molecule has 0 radical (unpaired) electrons. The lowest BCUT2D eigenvalue weighted by atomic mass is 10.2. The first-order valence-electron chi connectivity index (χ1n) is 6.67. The second-order valence-corrected chi connectivity index (χ2v) is 6.52. The molecule has 1 heterocycles. The minimum atomic E-state index is 0.738. The van der Waals surface area contributed by atoms with Gasteiger partial charge in [0.1, 0.15) is 5.75 Å². The Balaban J connectivity index is 2.41. The van der Waals surface area contributed by atoms with Gasteiger partial charge in [-0.05, 0) is 53.6 Å². The second kappa shape index (κ2) is 6.93. The second-order valence-electron chi connectivity index (χ2n) is 4.53. The summed E-state index contributed by atoms with van der Waals surface area (Å²) in [5, 5.41) is 4.74. The summed E-state index contributed by atoms with van der Waals surface area (Å²) in [6.45, 7) is 5.06. The van der Waals surface area contributed by atoms with Gasteiger partial charge in [0.05, 0.1) is 28.6 Å². The Morgan fingerprint density at radius 1 is 1.30 bits per heavy atom. The van der Waals surface area contributed by atoms with Gasteiger partial charge in [0.15, 0.2) is 0 Å². The van der Waals surface area contributed by atoms with Crippen LogP contribution in [0.2, 0.25) is 0 Å². The number of hydrogen-bond acceptors (Lipinski definition) is 2. The van der Waals surface area contributed by atoms with Gasteiger partial charge in [-0.1, -0.05) is 29.8 Å². The third kappa shape index (κ3) is 3.19. The molecule has 0 spiro atoms. The zero-order chi connectivity index (χ0) is 14.7. The average Bonchev–Trinajstić information content (AvgIpc) is 2.74. The Kier molecular flexibility index (Phi) is 5.49. The van der Waals surface area contributed by atoms with Crippen molar-refractivity contribution in [1.82, 2.24) is 9.78 Å². The van der Waals surface area contributed by atoms with E-state index in [1.165, 1.54) is 15.0 Å². The number of aryl methyl sites for hydroxylation is 1. The number of ether oxygens (including phenoxy) is 1. The Labute approximate surface area is 142 Å². The molecule has 0 fully saturated rings. The van der Waals surface area contributed by atoms with E-state index in [0.717, 1.165) is 35.2 Å². The molecule has 0 aliphatic carbocycles. The summed E-state index contributed by atoms with van der Waals surface area (Å²) in [7, 11) is 1.71. The van der Waals surface area contributed by atoms with Gasteiger partial charge in [-0.15, -0.1) is 0 Å². The number of hydrogen-bond donors (Lipinski definition) is 0. The fourth-order valence-corrected chi connectivity index (χ4v) is 3.81. The van der Waals surface area contributed by atoms with Crippen molar-refractivity contribution in [2.45, 2.75) is 33.2 Å². The van der Waals surface area contributed by atoms with Crippen LogP contribution in [0.3, 0.4) is 0 Å². The Bertz CT molecular complexity index is 610. The summed E-state index contributed by atoms with van der Waals surface area (Å²) in [4.78, 5) is 0. The number of benzene rings is 1. The van der Waals surface area contributed by atoms with Crippen molar-refractivity contribution in [3.8, 4) is 5.75 Å². The van der Waals surface area contributed by atoms with Crippen molar-refractivity contribution in [1.29, 1.82) is 0 Å². The number of rotatable bonds is 5. The molecule has 0 atom stereocenters.